The number of aromatic nitrogens is 1. The van der Waals surface area contributed by atoms with Crippen LogP contribution in [0.1, 0.15) is 39.1 Å². The Labute approximate surface area is 195 Å². The van der Waals surface area contributed by atoms with Gasteiger partial charge in [-0.25, -0.2) is 0 Å². The van der Waals surface area contributed by atoms with Gasteiger partial charge in [-0.05, 0) is 37.5 Å². The normalized spacial score (nSPS) is 16.0. The average molecular weight is 464 g/mol. The molecule has 0 unspecified atom stereocenters. The predicted molar refractivity (Wildman–Crippen MR) is 128 cm³/mol. The van der Waals surface area contributed by atoms with Gasteiger partial charge in [0.25, 0.3) is 11.8 Å². The summed E-state index contributed by atoms with van der Waals surface area (Å²) in [5.41, 5.74) is 1.89. The van der Waals surface area contributed by atoms with Gasteiger partial charge < -0.3 is 19.0 Å². The Morgan fingerprint density at radius 1 is 1.24 bits per heavy atom. The number of ether oxygens (including phenoxy) is 1. The zero-order valence-electron chi connectivity index (χ0n) is 19.0. The molecule has 7 nitrogen and oxygen atoms in total. The fraction of sp³-hybridized carbons (Fsp3) is 0.320. The van der Waals surface area contributed by atoms with Crippen LogP contribution in [-0.4, -0.2) is 53.8 Å². The number of benzene rings is 1. The van der Waals surface area contributed by atoms with Crippen molar-refractivity contribution >= 4 is 44.3 Å². The first-order chi connectivity index (χ1) is 15.8. The number of hydrogen-bond acceptors (Lipinski definition) is 6. The van der Waals surface area contributed by atoms with Gasteiger partial charge in [0.05, 0.1) is 20.7 Å². The molecule has 0 N–H and O–H groups in total. The van der Waals surface area contributed by atoms with Crippen LogP contribution in [0.2, 0.25) is 0 Å². The van der Waals surface area contributed by atoms with Crippen molar-refractivity contribution in [3.05, 3.63) is 52.7 Å². The van der Waals surface area contributed by atoms with E-state index in [1.165, 1.54) is 16.2 Å². The second-order valence-corrected chi connectivity index (χ2v) is 9.82. The number of nitrogens with zero attached hydrogens (tertiary/aromatic N) is 3. The standard InChI is InChI=1S/C25H25N3O4S/c1-14-8-10-28(13-14)24(29)21-12-18-23(33-21)19(7-9-26-18)32-16-5-6-17-20(11-16)31-15(2)22(17)25(30)27(3)4/h5-7,9,11-12,14H,8,10,13H2,1-4H3/t14-/m1/s1. The van der Waals surface area contributed by atoms with Gasteiger partial charge >= 0.3 is 0 Å². The van der Waals surface area contributed by atoms with Crippen LogP contribution in [0, 0.1) is 12.8 Å². The van der Waals surface area contributed by atoms with Crippen molar-refractivity contribution in [1.82, 2.24) is 14.8 Å². The first-order valence-electron chi connectivity index (χ1n) is 10.9. The first-order valence-corrected chi connectivity index (χ1v) is 11.7. The number of carbonyl (C=O) groups excluding carboxylic acids is 2. The number of hydrogen-bond donors (Lipinski definition) is 0. The number of thiophene rings is 1. The fourth-order valence-corrected chi connectivity index (χ4v) is 5.29. The molecule has 33 heavy (non-hydrogen) atoms. The fourth-order valence-electron chi connectivity index (χ4n) is 4.25. The van der Waals surface area contributed by atoms with Crippen LogP contribution in [0.5, 0.6) is 11.5 Å². The van der Waals surface area contributed by atoms with E-state index in [4.69, 9.17) is 9.15 Å². The molecule has 1 atom stereocenters. The van der Waals surface area contributed by atoms with E-state index in [1.54, 1.807) is 39.3 Å². The van der Waals surface area contributed by atoms with E-state index in [-0.39, 0.29) is 11.8 Å². The number of rotatable bonds is 4. The number of amides is 2. The van der Waals surface area contributed by atoms with Gasteiger partial charge in [0.2, 0.25) is 0 Å². The summed E-state index contributed by atoms with van der Waals surface area (Å²) in [6.07, 6.45) is 2.72. The van der Waals surface area contributed by atoms with E-state index in [2.05, 4.69) is 11.9 Å². The maximum atomic E-state index is 12.9. The minimum absolute atomic E-state index is 0.0545. The van der Waals surface area contributed by atoms with Crippen LogP contribution >= 0.6 is 11.3 Å². The molecule has 4 aromatic rings. The highest BCUT2D eigenvalue weighted by Gasteiger charge is 2.26. The molecule has 4 heterocycles. The molecule has 0 bridgehead atoms. The number of furan rings is 1. The van der Waals surface area contributed by atoms with Gasteiger partial charge in [-0.3, -0.25) is 14.6 Å². The second kappa shape index (κ2) is 8.19. The molecule has 8 heteroatoms. The van der Waals surface area contributed by atoms with Crippen LogP contribution in [0.4, 0.5) is 0 Å². The molecule has 1 fully saturated rings. The van der Waals surface area contributed by atoms with Crippen molar-refractivity contribution in [3.8, 4) is 11.5 Å². The van der Waals surface area contributed by atoms with Crippen molar-refractivity contribution < 1.29 is 18.7 Å². The Balaban J connectivity index is 1.46. The number of carbonyl (C=O) groups is 2. The lowest BCUT2D eigenvalue weighted by Gasteiger charge is -2.14. The quantitative estimate of drug-likeness (QED) is 0.409. The van der Waals surface area contributed by atoms with Gasteiger partial charge in [0.15, 0.2) is 0 Å². The lowest BCUT2D eigenvalue weighted by Crippen LogP contribution is -2.27. The number of likely N-dealkylation sites (tertiary alicyclic amines) is 1. The molecule has 0 aliphatic carbocycles. The Bertz CT molecular complexity index is 1390. The third-order valence-electron chi connectivity index (χ3n) is 5.98. The largest absolute Gasteiger partial charge is 0.460 e. The Kier molecular flexibility index (Phi) is 5.32. The van der Waals surface area contributed by atoms with E-state index < -0.39 is 0 Å². The molecule has 3 aromatic heterocycles. The summed E-state index contributed by atoms with van der Waals surface area (Å²) in [7, 11) is 3.44. The SMILES string of the molecule is Cc1oc2cc(Oc3ccnc4cc(C(=O)N5CC[C@@H](C)C5)sc34)ccc2c1C(=O)N(C)C. The van der Waals surface area contributed by atoms with Crippen molar-refractivity contribution in [1.29, 1.82) is 0 Å². The Morgan fingerprint density at radius 3 is 2.79 bits per heavy atom. The van der Waals surface area contributed by atoms with E-state index in [0.717, 1.165) is 35.1 Å². The average Bonchev–Trinajstić information content (AvgIpc) is 3.49. The van der Waals surface area contributed by atoms with Crippen molar-refractivity contribution in [2.24, 2.45) is 5.92 Å². The zero-order valence-corrected chi connectivity index (χ0v) is 19.9. The van der Waals surface area contributed by atoms with Gasteiger partial charge in [-0.1, -0.05) is 6.92 Å². The molecule has 5 rings (SSSR count). The molecule has 1 aliphatic heterocycles. The summed E-state index contributed by atoms with van der Waals surface area (Å²) in [6.45, 7) is 5.55. The molecule has 0 radical (unpaired) electrons. The highest BCUT2D eigenvalue weighted by molar-refractivity contribution is 7.21. The Hall–Kier alpha value is -3.39. The molecule has 2 amide bonds. The summed E-state index contributed by atoms with van der Waals surface area (Å²) in [6, 6.07) is 9.09. The smallest absolute Gasteiger partial charge is 0.264 e. The molecule has 1 saturated heterocycles. The highest BCUT2D eigenvalue weighted by atomic mass is 32.1. The summed E-state index contributed by atoms with van der Waals surface area (Å²) in [5.74, 6) is 2.28. The lowest BCUT2D eigenvalue weighted by atomic mass is 10.1. The number of pyridine rings is 1. The Morgan fingerprint density at radius 2 is 2.06 bits per heavy atom. The van der Waals surface area contributed by atoms with Crippen LogP contribution < -0.4 is 4.74 Å². The summed E-state index contributed by atoms with van der Waals surface area (Å²) in [5, 5.41) is 0.752. The summed E-state index contributed by atoms with van der Waals surface area (Å²) < 4.78 is 12.9. The van der Waals surface area contributed by atoms with E-state index in [9.17, 15) is 9.59 Å². The maximum Gasteiger partial charge on any atom is 0.264 e. The highest BCUT2D eigenvalue weighted by Crippen LogP contribution is 2.37. The minimum Gasteiger partial charge on any atom is -0.460 e. The van der Waals surface area contributed by atoms with Crippen LogP contribution in [-0.2, 0) is 0 Å². The zero-order chi connectivity index (χ0) is 23.3. The van der Waals surface area contributed by atoms with Crippen molar-refractivity contribution in [2.75, 3.05) is 27.2 Å². The van der Waals surface area contributed by atoms with E-state index >= 15 is 0 Å². The molecule has 1 aromatic carbocycles. The van der Waals surface area contributed by atoms with Gasteiger partial charge in [0.1, 0.15) is 22.8 Å². The van der Waals surface area contributed by atoms with Gasteiger partial charge in [-0.2, -0.15) is 0 Å². The molecular formula is C25H25N3O4S. The third kappa shape index (κ3) is 3.84. The van der Waals surface area contributed by atoms with Crippen molar-refractivity contribution in [3.63, 3.8) is 0 Å². The van der Waals surface area contributed by atoms with E-state index in [1.807, 2.05) is 23.1 Å². The van der Waals surface area contributed by atoms with Crippen molar-refractivity contribution in [2.45, 2.75) is 20.3 Å². The van der Waals surface area contributed by atoms with Crippen LogP contribution in [0.25, 0.3) is 21.2 Å². The second-order valence-electron chi connectivity index (χ2n) is 8.77. The van der Waals surface area contributed by atoms with Crippen LogP contribution in [0.15, 0.2) is 40.9 Å². The molecule has 170 valence electrons. The molecular weight excluding hydrogens is 438 g/mol. The van der Waals surface area contributed by atoms with Crippen LogP contribution in [0.3, 0.4) is 0 Å². The predicted octanol–water partition coefficient (Wildman–Crippen LogP) is 5.33. The number of aryl methyl sites for hydroxylation is 1. The summed E-state index contributed by atoms with van der Waals surface area (Å²) >= 11 is 1.40. The third-order valence-corrected chi connectivity index (χ3v) is 7.11. The lowest BCUT2D eigenvalue weighted by molar-refractivity contribution is 0.0791. The van der Waals surface area contributed by atoms with Gasteiger partial charge in [-0.15, -0.1) is 11.3 Å². The monoisotopic (exact) mass is 463 g/mol. The first kappa shape index (κ1) is 21.5. The topological polar surface area (TPSA) is 75.9 Å². The van der Waals surface area contributed by atoms with E-state index in [0.29, 0.717) is 39.2 Å². The number of fused-ring (bicyclic) bond motifs is 2. The molecule has 0 spiro atoms. The van der Waals surface area contributed by atoms with Gasteiger partial charge in [0, 0.05) is 50.9 Å². The maximum absolute atomic E-state index is 12.9. The minimum atomic E-state index is -0.0982. The summed E-state index contributed by atoms with van der Waals surface area (Å²) in [4.78, 5) is 34.0. The molecule has 0 saturated carbocycles. The molecule has 1 aliphatic rings.